The highest BCUT2D eigenvalue weighted by Gasteiger charge is 2.33. The van der Waals surface area contributed by atoms with E-state index in [1.165, 1.54) is 13.3 Å². The second-order valence-corrected chi connectivity index (χ2v) is 14.3. The molecule has 1 saturated carbocycles. The van der Waals surface area contributed by atoms with Crippen LogP contribution in [0.4, 0.5) is 14.5 Å². The van der Waals surface area contributed by atoms with Crippen molar-refractivity contribution in [3.63, 3.8) is 0 Å². The zero-order valence-corrected chi connectivity index (χ0v) is 30.1. The van der Waals surface area contributed by atoms with Gasteiger partial charge in [-0.3, -0.25) is 19.2 Å². The number of piperidine rings is 1. The lowest BCUT2D eigenvalue weighted by Gasteiger charge is -2.33. The predicted octanol–water partition coefficient (Wildman–Crippen LogP) is 4.20. The molecule has 2 fully saturated rings. The molecular formula is C36H48F2N4O9. The molecule has 1 aliphatic heterocycles. The number of aromatic carboxylic acids is 1. The Morgan fingerprint density at radius 3 is 2.29 bits per heavy atom. The number of ketones is 1. The Morgan fingerprint density at radius 1 is 1.00 bits per heavy atom. The standard InChI is InChI=1S/C36H48F2N4O9/c1-35(2,3)50-14-15-51-36(4,5)27(43)11-12-28(44)40-18-29(45)39-17-26(38)21-8-7-13-41(19-21)31-25(37)16-23-30(33(31)49-6)42(22-9-10-22)20-24(32(23)46)34(47)48/h16,20,22H,7-15,17-19H2,1-6H3,(H,39,45)(H,40,44)(H,47,48). The molecule has 2 amide bonds. The molecule has 0 bridgehead atoms. The van der Waals surface area contributed by atoms with Crippen molar-refractivity contribution in [2.45, 2.75) is 90.4 Å². The number of carbonyl (C=O) groups is 4. The van der Waals surface area contributed by atoms with Crippen molar-refractivity contribution in [3.05, 3.63) is 45.3 Å². The molecule has 1 saturated heterocycles. The maximum Gasteiger partial charge on any atom is 0.341 e. The number of nitrogens with zero attached hydrogens (tertiary/aromatic N) is 2. The normalized spacial score (nSPS) is 16.2. The number of ether oxygens (including phenoxy) is 3. The number of pyridine rings is 1. The van der Waals surface area contributed by atoms with Crippen LogP contribution in [0.2, 0.25) is 0 Å². The lowest BCUT2D eigenvalue weighted by Crippen LogP contribution is -2.39. The van der Waals surface area contributed by atoms with E-state index in [1.807, 2.05) is 20.8 Å². The van der Waals surface area contributed by atoms with E-state index in [0.29, 0.717) is 31.6 Å². The summed E-state index contributed by atoms with van der Waals surface area (Å²) in [5, 5.41) is 14.3. The highest BCUT2D eigenvalue weighted by molar-refractivity contribution is 5.97. The molecule has 2 aromatic rings. The molecular weight excluding hydrogens is 670 g/mol. The maximum atomic E-state index is 15.8. The summed E-state index contributed by atoms with van der Waals surface area (Å²) in [5.74, 6) is -4.21. The fourth-order valence-corrected chi connectivity index (χ4v) is 5.89. The summed E-state index contributed by atoms with van der Waals surface area (Å²) in [6.45, 7) is 8.96. The number of fused-ring (bicyclic) bond motifs is 1. The first-order valence-electron chi connectivity index (χ1n) is 17.1. The number of carbonyl (C=O) groups excluding carboxylic acids is 3. The molecule has 0 spiro atoms. The maximum absolute atomic E-state index is 15.8. The van der Waals surface area contributed by atoms with Crippen molar-refractivity contribution in [3.8, 4) is 5.75 Å². The van der Waals surface area contributed by atoms with Crippen LogP contribution in [0.25, 0.3) is 10.9 Å². The van der Waals surface area contributed by atoms with Crippen LogP contribution in [0.15, 0.2) is 28.5 Å². The number of hydrogen-bond donors (Lipinski definition) is 3. The molecule has 0 radical (unpaired) electrons. The first kappa shape index (κ1) is 39.4. The smallest absolute Gasteiger partial charge is 0.341 e. The molecule has 1 aromatic carbocycles. The van der Waals surface area contributed by atoms with Gasteiger partial charge in [-0.15, -0.1) is 0 Å². The first-order chi connectivity index (χ1) is 23.9. The van der Waals surface area contributed by atoms with Crippen molar-refractivity contribution in [1.29, 1.82) is 0 Å². The molecule has 51 heavy (non-hydrogen) atoms. The van der Waals surface area contributed by atoms with Crippen molar-refractivity contribution < 1.29 is 47.3 Å². The minimum Gasteiger partial charge on any atom is -0.492 e. The van der Waals surface area contributed by atoms with Crippen LogP contribution >= 0.6 is 0 Å². The van der Waals surface area contributed by atoms with Crippen molar-refractivity contribution >= 4 is 40.2 Å². The van der Waals surface area contributed by atoms with E-state index in [2.05, 4.69) is 10.6 Å². The van der Waals surface area contributed by atoms with Gasteiger partial charge < -0.3 is 39.4 Å². The molecule has 3 N–H and O–H groups in total. The van der Waals surface area contributed by atoms with E-state index >= 15 is 8.78 Å². The molecule has 0 atom stereocenters. The van der Waals surface area contributed by atoms with Gasteiger partial charge >= 0.3 is 5.97 Å². The third-order valence-corrected chi connectivity index (χ3v) is 8.78. The summed E-state index contributed by atoms with van der Waals surface area (Å²) < 4.78 is 49.7. The van der Waals surface area contributed by atoms with Gasteiger partial charge in [-0.05, 0) is 71.9 Å². The number of hydrogen-bond acceptors (Lipinski definition) is 9. The number of methoxy groups -OCH3 is 1. The fraction of sp³-hybridized carbons (Fsp3) is 0.583. The number of anilines is 1. The Morgan fingerprint density at radius 2 is 1.67 bits per heavy atom. The molecule has 4 rings (SSSR count). The third kappa shape index (κ3) is 10.1. The van der Waals surface area contributed by atoms with E-state index in [0.717, 1.165) is 18.9 Å². The molecule has 13 nitrogen and oxygen atoms in total. The number of rotatable bonds is 16. The lowest BCUT2D eigenvalue weighted by atomic mass is 9.99. The fourth-order valence-electron chi connectivity index (χ4n) is 5.89. The van der Waals surface area contributed by atoms with Crippen LogP contribution in [0.1, 0.15) is 89.5 Å². The average Bonchev–Trinajstić information content (AvgIpc) is 3.92. The Kier molecular flexibility index (Phi) is 12.6. The molecule has 1 aliphatic carbocycles. The van der Waals surface area contributed by atoms with Gasteiger partial charge in [-0.1, -0.05) is 0 Å². The summed E-state index contributed by atoms with van der Waals surface area (Å²) in [6.07, 6.45) is 3.35. The van der Waals surface area contributed by atoms with Crippen LogP contribution in [-0.2, 0) is 23.9 Å². The van der Waals surface area contributed by atoms with Crippen LogP contribution in [-0.4, -0.2) is 90.9 Å². The van der Waals surface area contributed by atoms with Crippen molar-refractivity contribution in [2.75, 3.05) is 51.4 Å². The number of Topliss-reactive ketones (excluding diaryl/α,β-unsaturated/α-hetero) is 1. The Bertz CT molecular complexity index is 1760. The molecule has 2 aliphatic rings. The molecule has 280 valence electrons. The van der Waals surface area contributed by atoms with Gasteiger partial charge in [0.15, 0.2) is 17.3 Å². The Balaban J connectivity index is 1.34. The van der Waals surface area contributed by atoms with Gasteiger partial charge in [0.25, 0.3) is 0 Å². The number of amides is 2. The van der Waals surface area contributed by atoms with Gasteiger partial charge in [0, 0.05) is 38.2 Å². The molecule has 15 heteroatoms. The van der Waals surface area contributed by atoms with E-state index < -0.39 is 59.1 Å². The summed E-state index contributed by atoms with van der Waals surface area (Å²) >= 11 is 0. The van der Waals surface area contributed by atoms with E-state index in [1.54, 1.807) is 23.3 Å². The summed E-state index contributed by atoms with van der Waals surface area (Å²) in [5.41, 5.74) is -2.10. The monoisotopic (exact) mass is 718 g/mol. The van der Waals surface area contributed by atoms with E-state index in [9.17, 15) is 29.1 Å². The number of carboxylic acids is 1. The van der Waals surface area contributed by atoms with E-state index in [-0.39, 0.29) is 65.8 Å². The molecule has 2 heterocycles. The van der Waals surface area contributed by atoms with Crippen molar-refractivity contribution in [2.24, 2.45) is 0 Å². The minimum atomic E-state index is -1.41. The van der Waals surface area contributed by atoms with Gasteiger partial charge in [0.2, 0.25) is 17.2 Å². The number of aromatic nitrogens is 1. The average molecular weight is 719 g/mol. The third-order valence-electron chi connectivity index (χ3n) is 8.78. The molecule has 1 aromatic heterocycles. The Hall–Kier alpha value is -4.37. The van der Waals surface area contributed by atoms with Crippen LogP contribution in [0, 0.1) is 5.82 Å². The second kappa shape index (κ2) is 16.3. The first-order valence-corrected chi connectivity index (χ1v) is 17.1. The summed E-state index contributed by atoms with van der Waals surface area (Å²) in [6, 6.07) is 0.943. The number of nitrogens with one attached hydrogen (secondary N) is 2. The second-order valence-electron chi connectivity index (χ2n) is 14.3. The lowest BCUT2D eigenvalue weighted by molar-refractivity contribution is -0.145. The predicted molar refractivity (Wildman–Crippen MR) is 186 cm³/mol. The van der Waals surface area contributed by atoms with Gasteiger partial charge in [-0.25, -0.2) is 13.6 Å². The SMILES string of the molecule is COc1c(N2CCCC(=C(F)CNC(=O)CNC(=O)CCC(=O)C(C)(C)OCCOC(C)(C)C)C2)c(F)cc2c(=O)c(C(=O)O)cn(C3CC3)c12. The van der Waals surface area contributed by atoms with Gasteiger partial charge in [0.05, 0.1) is 49.9 Å². The van der Waals surface area contributed by atoms with Crippen LogP contribution in [0.5, 0.6) is 5.75 Å². The highest BCUT2D eigenvalue weighted by Crippen LogP contribution is 2.44. The van der Waals surface area contributed by atoms with Crippen LogP contribution in [0.3, 0.4) is 0 Å². The molecule has 0 unspecified atom stereocenters. The zero-order valence-electron chi connectivity index (χ0n) is 30.1. The summed E-state index contributed by atoms with van der Waals surface area (Å²) in [4.78, 5) is 63.7. The number of benzene rings is 1. The van der Waals surface area contributed by atoms with Crippen molar-refractivity contribution in [1.82, 2.24) is 15.2 Å². The summed E-state index contributed by atoms with van der Waals surface area (Å²) in [7, 11) is 1.33. The highest BCUT2D eigenvalue weighted by atomic mass is 19.1. The van der Waals surface area contributed by atoms with Gasteiger partial charge in [-0.2, -0.15) is 0 Å². The van der Waals surface area contributed by atoms with Crippen LogP contribution < -0.4 is 25.7 Å². The zero-order chi connectivity index (χ0) is 37.7. The number of halogens is 2. The van der Waals surface area contributed by atoms with E-state index in [4.69, 9.17) is 14.2 Å². The quantitative estimate of drug-likeness (QED) is 0.214. The van der Waals surface area contributed by atoms with Gasteiger partial charge in [0.1, 0.15) is 22.7 Å². The minimum absolute atomic E-state index is 0.0181. The topological polar surface area (TPSA) is 166 Å². The largest absolute Gasteiger partial charge is 0.492 e. The Labute approximate surface area is 295 Å². The number of carboxylic acid groups (broad SMARTS) is 1.